The Hall–Kier alpha value is -1.81. The molecular weight excluding hydrogens is 275 g/mol. The number of benzene rings is 2. The lowest BCUT2D eigenvalue weighted by Gasteiger charge is -2.06. The normalized spacial score (nSPS) is 12.0. The molecule has 0 unspecified atom stereocenters. The van der Waals surface area contributed by atoms with Crippen molar-refractivity contribution in [3.8, 4) is 0 Å². The van der Waals surface area contributed by atoms with Gasteiger partial charge in [-0.2, -0.15) is 13.2 Å². The molecular formula is C14H9ClF3N. The minimum atomic E-state index is -4.36. The Morgan fingerprint density at radius 3 is 2.32 bits per heavy atom. The molecule has 0 aliphatic rings. The Morgan fingerprint density at radius 2 is 1.68 bits per heavy atom. The number of aliphatic imine (C=N–C) groups is 1. The first kappa shape index (κ1) is 13.6. The number of alkyl halides is 3. The molecule has 98 valence electrons. The van der Waals surface area contributed by atoms with E-state index in [1.165, 1.54) is 18.3 Å². The van der Waals surface area contributed by atoms with Crippen molar-refractivity contribution in [3.05, 3.63) is 64.7 Å². The van der Waals surface area contributed by atoms with Crippen LogP contribution in [0.5, 0.6) is 0 Å². The molecule has 1 nitrogen and oxygen atoms in total. The summed E-state index contributed by atoms with van der Waals surface area (Å²) in [6.07, 6.45) is -2.86. The first-order valence-corrected chi connectivity index (χ1v) is 5.80. The Morgan fingerprint density at radius 1 is 1.00 bits per heavy atom. The topological polar surface area (TPSA) is 12.4 Å². The van der Waals surface area contributed by atoms with Crippen molar-refractivity contribution in [1.82, 2.24) is 0 Å². The van der Waals surface area contributed by atoms with Crippen molar-refractivity contribution in [2.45, 2.75) is 6.18 Å². The van der Waals surface area contributed by atoms with E-state index in [4.69, 9.17) is 11.6 Å². The van der Waals surface area contributed by atoms with E-state index in [0.717, 1.165) is 17.7 Å². The molecule has 0 heterocycles. The van der Waals surface area contributed by atoms with Gasteiger partial charge in [0.15, 0.2) is 0 Å². The molecule has 0 saturated carbocycles. The smallest absolute Gasteiger partial charge is 0.256 e. The average molecular weight is 284 g/mol. The minimum absolute atomic E-state index is 0.254. The molecule has 0 N–H and O–H groups in total. The van der Waals surface area contributed by atoms with Crippen LogP contribution in [0.25, 0.3) is 0 Å². The van der Waals surface area contributed by atoms with Gasteiger partial charge in [0, 0.05) is 11.2 Å². The minimum Gasteiger partial charge on any atom is -0.256 e. The van der Waals surface area contributed by atoms with Crippen molar-refractivity contribution in [2.75, 3.05) is 0 Å². The Bertz CT molecular complexity index is 588. The summed E-state index contributed by atoms with van der Waals surface area (Å²) in [5, 5.41) is 0.594. The highest BCUT2D eigenvalue weighted by molar-refractivity contribution is 6.30. The van der Waals surface area contributed by atoms with E-state index in [1.54, 1.807) is 24.3 Å². The van der Waals surface area contributed by atoms with Crippen LogP contribution in [0, 0.1) is 0 Å². The summed E-state index contributed by atoms with van der Waals surface area (Å²) in [7, 11) is 0. The summed E-state index contributed by atoms with van der Waals surface area (Å²) in [5.41, 5.74) is 0.310. The van der Waals surface area contributed by atoms with Gasteiger partial charge in [0.1, 0.15) is 0 Å². The second kappa shape index (κ2) is 5.45. The summed E-state index contributed by atoms with van der Waals surface area (Å²) >= 11 is 5.73. The second-order valence-electron chi connectivity index (χ2n) is 3.86. The van der Waals surface area contributed by atoms with Gasteiger partial charge in [-0.15, -0.1) is 0 Å². The van der Waals surface area contributed by atoms with Crippen molar-refractivity contribution in [1.29, 1.82) is 0 Å². The fourth-order valence-electron chi connectivity index (χ4n) is 1.46. The quantitative estimate of drug-likeness (QED) is 0.679. The molecule has 0 fully saturated rings. The third-order valence-electron chi connectivity index (χ3n) is 2.41. The number of nitrogens with zero attached hydrogens (tertiary/aromatic N) is 1. The van der Waals surface area contributed by atoms with Gasteiger partial charge in [0.25, 0.3) is 0 Å². The largest absolute Gasteiger partial charge is 0.416 e. The molecule has 0 aromatic heterocycles. The Balaban J connectivity index is 2.21. The third kappa shape index (κ3) is 3.83. The zero-order valence-corrected chi connectivity index (χ0v) is 10.4. The molecule has 5 heteroatoms. The first-order chi connectivity index (χ1) is 8.95. The summed E-state index contributed by atoms with van der Waals surface area (Å²) in [4.78, 5) is 4.01. The van der Waals surface area contributed by atoms with Crippen LogP contribution in [0.3, 0.4) is 0 Å². The SMILES string of the molecule is FC(F)(F)c1cccc(N=Cc2ccc(Cl)cc2)c1. The molecule has 0 atom stereocenters. The summed E-state index contributed by atoms with van der Waals surface area (Å²) in [6, 6.07) is 11.7. The van der Waals surface area contributed by atoms with Gasteiger partial charge in [0.2, 0.25) is 0 Å². The molecule has 2 rings (SSSR count). The maximum Gasteiger partial charge on any atom is 0.416 e. The highest BCUT2D eigenvalue weighted by atomic mass is 35.5. The van der Waals surface area contributed by atoms with E-state index < -0.39 is 11.7 Å². The van der Waals surface area contributed by atoms with Crippen LogP contribution in [0.2, 0.25) is 5.02 Å². The van der Waals surface area contributed by atoms with E-state index >= 15 is 0 Å². The van der Waals surface area contributed by atoms with Crippen molar-refractivity contribution in [3.63, 3.8) is 0 Å². The highest BCUT2D eigenvalue weighted by Crippen LogP contribution is 2.31. The zero-order valence-electron chi connectivity index (χ0n) is 9.66. The summed E-state index contributed by atoms with van der Waals surface area (Å²) in [6.45, 7) is 0. The van der Waals surface area contributed by atoms with E-state index in [0.29, 0.717) is 5.02 Å². The molecule has 0 saturated heterocycles. The summed E-state index contributed by atoms with van der Waals surface area (Å²) < 4.78 is 37.5. The maximum absolute atomic E-state index is 12.5. The van der Waals surface area contributed by atoms with Crippen LogP contribution in [0.1, 0.15) is 11.1 Å². The molecule has 2 aromatic rings. The van der Waals surface area contributed by atoms with Gasteiger partial charge >= 0.3 is 6.18 Å². The van der Waals surface area contributed by atoms with Crippen LogP contribution in [-0.4, -0.2) is 6.21 Å². The second-order valence-corrected chi connectivity index (χ2v) is 4.29. The van der Waals surface area contributed by atoms with Crippen LogP contribution in [-0.2, 0) is 6.18 Å². The van der Waals surface area contributed by atoms with Crippen LogP contribution < -0.4 is 0 Å². The van der Waals surface area contributed by atoms with Gasteiger partial charge in [0.05, 0.1) is 11.3 Å². The molecule has 0 aliphatic heterocycles. The first-order valence-electron chi connectivity index (χ1n) is 5.42. The van der Waals surface area contributed by atoms with Crippen LogP contribution >= 0.6 is 11.6 Å². The van der Waals surface area contributed by atoms with Crippen molar-refractivity contribution < 1.29 is 13.2 Å². The molecule has 0 radical (unpaired) electrons. The van der Waals surface area contributed by atoms with Gasteiger partial charge in [-0.25, -0.2) is 0 Å². The molecule has 19 heavy (non-hydrogen) atoms. The number of hydrogen-bond donors (Lipinski definition) is 0. The predicted octanol–water partition coefficient (Wildman–Crippen LogP) is 5.11. The van der Waals surface area contributed by atoms with Gasteiger partial charge in [-0.3, -0.25) is 4.99 Å². The van der Waals surface area contributed by atoms with E-state index in [9.17, 15) is 13.2 Å². The maximum atomic E-state index is 12.5. The zero-order chi connectivity index (χ0) is 13.9. The fourth-order valence-corrected chi connectivity index (χ4v) is 1.59. The lowest BCUT2D eigenvalue weighted by Crippen LogP contribution is -2.03. The molecule has 2 aromatic carbocycles. The fraction of sp³-hybridized carbons (Fsp3) is 0.0714. The highest BCUT2D eigenvalue weighted by Gasteiger charge is 2.30. The van der Waals surface area contributed by atoms with Crippen molar-refractivity contribution in [2.24, 2.45) is 4.99 Å². The lowest BCUT2D eigenvalue weighted by molar-refractivity contribution is -0.137. The molecule has 0 amide bonds. The van der Waals surface area contributed by atoms with E-state index in [-0.39, 0.29) is 5.69 Å². The Kier molecular flexibility index (Phi) is 3.90. The molecule has 0 aliphatic carbocycles. The average Bonchev–Trinajstić information content (AvgIpc) is 2.37. The van der Waals surface area contributed by atoms with Gasteiger partial charge < -0.3 is 0 Å². The molecule has 0 spiro atoms. The predicted molar refractivity (Wildman–Crippen MR) is 70.2 cm³/mol. The van der Waals surface area contributed by atoms with Gasteiger partial charge in [-0.1, -0.05) is 29.8 Å². The number of rotatable bonds is 2. The lowest BCUT2D eigenvalue weighted by atomic mass is 10.2. The third-order valence-corrected chi connectivity index (χ3v) is 2.66. The standard InChI is InChI=1S/C14H9ClF3N/c15-12-6-4-10(5-7-12)9-19-13-3-1-2-11(8-13)14(16,17)18/h1-9H. The van der Waals surface area contributed by atoms with E-state index in [1.807, 2.05) is 0 Å². The van der Waals surface area contributed by atoms with Gasteiger partial charge in [-0.05, 0) is 35.9 Å². The monoisotopic (exact) mass is 283 g/mol. The van der Waals surface area contributed by atoms with Crippen LogP contribution in [0.4, 0.5) is 18.9 Å². The van der Waals surface area contributed by atoms with Crippen molar-refractivity contribution >= 4 is 23.5 Å². The molecule has 0 bridgehead atoms. The summed E-state index contributed by atoms with van der Waals surface area (Å²) in [5.74, 6) is 0. The number of halogens is 4. The van der Waals surface area contributed by atoms with E-state index in [2.05, 4.69) is 4.99 Å². The Labute approximate surface area is 113 Å². The van der Waals surface area contributed by atoms with Crippen LogP contribution in [0.15, 0.2) is 53.5 Å². The number of hydrogen-bond acceptors (Lipinski definition) is 1.